The van der Waals surface area contributed by atoms with Crippen molar-refractivity contribution in [1.82, 2.24) is 5.32 Å². The van der Waals surface area contributed by atoms with E-state index in [0.717, 1.165) is 6.42 Å². The number of benzene rings is 1. The second-order valence-electron chi connectivity index (χ2n) is 3.49. The Labute approximate surface area is 91.5 Å². The molecule has 0 bridgehead atoms. The Balaban J connectivity index is 2.71. The summed E-state index contributed by atoms with van der Waals surface area (Å²) in [7, 11) is 1.94. The van der Waals surface area contributed by atoms with Gasteiger partial charge < -0.3 is 5.32 Å². The second kappa shape index (κ2) is 6.05. The van der Waals surface area contributed by atoms with Gasteiger partial charge in [0.25, 0.3) is 0 Å². The van der Waals surface area contributed by atoms with Crippen molar-refractivity contribution in [3.05, 3.63) is 35.4 Å². The summed E-state index contributed by atoms with van der Waals surface area (Å²) >= 11 is 5.84. The maximum absolute atomic E-state index is 5.84. The van der Waals surface area contributed by atoms with Gasteiger partial charge >= 0.3 is 0 Å². The summed E-state index contributed by atoms with van der Waals surface area (Å²) in [5.41, 5.74) is 2.67. The molecule has 1 N–H and O–H groups in total. The lowest BCUT2D eigenvalue weighted by Gasteiger charge is -2.13. The maximum atomic E-state index is 5.84. The van der Waals surface area contributed by atoms with Crippen LogP contribution in [-0.2, 0) is 6.42 Å². The van der Waals surface area contributed by atoms with Gasteiger partial charge in [0.1, 0.15) is 0 Å². The fourth-order valence-electron chi connectivity index (χ4n) is 1.54. The van der Waals surface area contributed by atoms with E-state index >= 15 is 0 Å². The molecule has 0 aliphatic rings. The van der Waals surface area contributed by atoms with Gasteiger partial charge in [-0.05, 0) is 24.6 Å². The molecule has 1 unspecified atom stereocenters. The summed E-state index contributed by atoms with van der Waals surface area (Å²) in [4.78, 5) is 0. The number of halogens is 1. The smallest absolute Gasteiger partial charge is 0.0455 e. The standard InChI is InChI=1S/C12H18ClN/c1-3-4-10-5-7-11(8-6-10)12(9-13)14-2/h5-8,12,14H,3-4,9H2,1-2H3. The number of alkyl halides is 1. The van der Waals surface area contributed by atoms with E-state index in [0.29, 0.717) is 5.88 Å². The first-order valence-corrected chi connectivity index (χ1v) is 5.67. The third kappa shape index (κ3) is 3.00. The molecule has 0 aromatic heterocycles. The van der Waals surface area contributed by atoms with Crippen molar-refractivity contribution >= 4 is 11.6 Å². The van der Waals surface area contributed by atoms with Crippen LogP contribution in [0.3, 0.4) is 0 Å². The molecule has 0 heterocycles. The van der Waals surface area contributed by atoms with Crippen molar-refractivity contribution < 1.29 is 0 Å². The molecule has 78 valence electrons. The molecule has 0 amide bonds. The lowest BCUT2D eigenvalue weighted by Crippen LogP contribution is -2.17. The molecule has 0 fully saturated rings. The van der Waals surface area contributed by atoms with Crippen molar-refractivity contribution in [3.8, 4) is 0 Å². The Kier molecular flexibility index (Phi) is 4.99. The van der Waals surface area contributed by atoms with Crippen LogP contribution in [0.1, 0.15) is 30.5 Å². The Morgan fingerprint density at radius 1 is 1.29 bits per heavy atom. The van der Waals surface area contributed by atoms with Gasteiger partial charge in [-0.1, -0.05) is 37.6 Å². The number of rotatable bonds is 5. The fraction of sp³-hybridized carbons (Fsp3) is 0.500. The highest BCUT2D eigenvalue weighted by atomic mass is 35.5. The van der Waals surface area contributed by atoms with Gasteiger partial charge in [-0.15, -0.1) is 11.6 Å². The van der Waals surface area contributed by atoms with Crippen LogP contribution in [0.4, 0.5) is 0 Å². The summed E-state index contributed by atoms with van der Waals surface area (Å²) < 4.78 is 0. The molecule has 0 radical (unpaired) electrons. The Morgan fingerprint density at radius 2 is 1.93 bits per heavy atom. The van der Waals surface area contributed by atoms with Gasteiger partial charge in [0.2, 0.25) is 0 Å². The van der Waals surface area contributed by atoms with Crippen LogP contribution in [0.2, 0.25) is 0 Å². The molecule has 1 aromatic carbocycles. The molecule has 0 spiro atoms. The van der Waals surface area contributed by atoms with Gasteiger partial charge in [0.15, 0.2) is 0 Å². The molecule has 1 rings (SSSR count). The molecular formula is C12H18ClN. The highest BCUT2D eigenvalue weighted by molar-refractivity contribution is 6.18. The van der Waals surface area contributed by atoms with Crippen LogP contribution in [0, 0.1) is 0 Å². The minimum absolute atomic E-state index is 0.271. The highest BCUT2D eigenvalue weighted by Crippen LogP contribution is 2.15. The van der Waals surface area contributed by atoms with Crippen LogP contribution in [0.25, 0.3) is 0 Å². The van der Waals surface area contributed by atoms with Crippen LogP contribution >= 0.6 is 11.6 Å². The van der Waals surface area contributed by atoms with E-state index in [-0.39, 0.29) is 6.04 Å². The zero-order valence-corrected chi connectivity index (χ0v) is 9.64. The fourth-order valence-corrected chi connectivity index (χ4v) is 1.87. The van der Waals surface area contributed by atoms with Gasteiger partial charge in [-0.25, -0.2) is 0 Å². The Hall–Kier alpha value is -0.530. The normalized spacial score (nSPS) is 12.8. The van der Waals surface area contributed by atoms with E-state index in [1.807, 2.05) is 7.05 Å². The minimum atomic E-state index is 0.271. The summed E-state index contributed by atoms with van der Waals surface area (Å²) in [6, 6.07) is 8.97. The van der Waals surface area contributed by atoms with Crippen molar-refractivity contribution in [1.29, 1.82) is 0 Å². The van der Waals surface area contributed by atoms with Gasteiger partial charge in [-0.2, -0.15) is 0 Å². The molecule has 0 aliphatic carbocycles. The molecule has 2 heteroatoms. The number of aryl methyl sites for hydroxylation is 1. The summed E-state index contributed by atoms with van der Waals surface area (Å²) in [5, 5.41) is 3.19. The average molecular weight is 212 g/mol. The molecular weight excluding hydrogens is 194 g/mol. The number of hydrogen-bond acceptors (Lipinski definition) is 1. The second-order valence-corrected chi connectivity index (χ2v) is 3.80. The molecule has 1 atom stereocenters. The largest absolute Gasteiger partial charge is 0.312 e. The third-order valence-corrected chi connectivity index (χ3v) is 2.73. The van der Waals surface area contributed by atoms with E-state index in [1.165, 1.54) is 17.5 Å². The minimum Gasteiger partial charge on any atom is -0.312 e. The van der Waals surface area contributed by atoms with E-state index in [1.54, 1.807) is 0 Å². The van der Waals surface area contributed by atoms with E-state index < -0.39 is 0 Å². The first-order valence-electron chi connectivity index (χ1n) is 5.13. The molecule has 14 heavy (non-hydrogen) atoms. The number of hydrogen-bond donors (Lipinski definition) is 1. The predicted octanol–water partition coefficient (Wildman–Crippen LogP) is 3.14. The van der Waals surface area contributed by atoms with Crippen molar-refractivity contribution in [2.24, 2.45) is 0 Å². The highest BCUT2D eigenvalue weighted by Gasteiger charge is 2.06. The molecule has 0 saturated heterocycles. The van der Waals surface area contributed by atoms with Gasteiger partial charge in [-0.3, -0.25) is 0 Å². The van der Waals surface area contributed by atoms with Crippen molar-refractivity contribution in [2.75, 3.05) is 12.9 Å². The molecule has 1 aromatic rings. The van der Waals surface area contributed by atoms with Crippen LogP contribution in [0.5, 0.6) is 0 Å². The molecule has 0 saturated carbocycles. The zero-order valence-electron chi connectivity index (χ0n) is 8.89. The van der Waals surface area contributed by atoms with E-state index in [2.05, 4.69) is 36.5 Å². The summed E-state index contributed by atoms with van der Waals surface area (Å²) in [6.07, 6.45) is 2.36. The lowest BCUT2D eigenvalue weighted by atomic mass is 10.0. The average Bonchev–Trinajstić information content (AvgIpc) is 2.23. The summed E-state index contributed by atoms with van der Waals surface area (Å²) in [5.74, 6) is 0.615. The quantitative estimate of drug-likeness (QED) is 0.738. The third-order valence-electron chi connectivity index (χ3n) is 2.42. The SMILES string of the molecule is CCCc1ccc(C(CCl)NC)cc1. The molecule has 0 aliphatic heterocycles. The van der Waals surface area contributed by atoms with E-state index in [9.17, 15) is 0 Å². The van der Waals surface area contributed by atoms with Crippen LogP contribution in [-0.4, -0.2) is 12.9 Å². The lowest BCUT2D eigenvalue weighted by molar-refractivity contribution is 0.658. The van der Waals surface area contributed by atoms with Gasteiger partial charge in [0, 0.05) is 11.9 Å². The monoisotopic (exact) mass is 211 g/mol. The van der Waals surface area contributed by atoms with Crippen LogP contribution in [0.15, 0.2) is 24.3 Å². The topological polar surface area (TPSA) is 12.0 Å². The first kappa shape index (κ1) is 11.5. The Morgan fingerprint density at radius 3 is 2.36 bits per heavy atom. The van der Waals surface area contributed by atoms with Crippen LogP contribution < -0.4 is 5.32 Å². The maximum Gasteiger partial charge on any atom is 0.0455 e. The zero-order chi connectivity index (χ0) is 10.4. The van der Waals surface area contributed by atoms with Crippen molar-refractivity contribution in [2.45, 2.75) is 25.8 Å². The van der Waals surface area contributed by atoms with Gasteiger partial charge in [0.05, 0.1) is 0 Å². The van der Waals surface area contributed by atoms with Crippen molar-refractivity contribution in [3.63, 3.8) is 0 Å². The predicted molar refractivity (Wildman–Crippen MR) is 63.0 cm³/mol. The summed E-state index contributed by atoms with van der Waals surface area (Å²) in [6.45, 7) is 2.20. The molecule has 1 nitrogen and oxygen atoms in total. The Bertz CT molecular complexity index is 252. The van der Waals surface area contributed by atoms with E-state index in [4.69, 9.17) is 11.6 Å². The first-order chi connectivity index (χ1) is 6.81. The number of nitrogens with one attached hydrogen (secondary N) is 1.